The van der Waals surface area contributed by atoms with Crippen LogP contribution in [0.2, 0.25) is 0 Å². The molecule has 9 nitrogen and oxygen atoms in total. The SMILES string of the molecule is CCn1cc(C#N)c(=O)n(CC(=O)Nc2cc(-c3ccc4c(c3)CCC4)nn2-c2ccccc2)c1=O. The number of aryl methyl sites for hydroxylation is 3. The third-order valence-electron chi connectivity index (χ3n) is 6.37. The van der Waals surface area contributed by atoms with E-state index in [0.717, 1.165) is 35.1 Å². The summed E-state index contributed by atoms with van der Waals surface area (Å²) in [5.41, 5.74) is 3.43. The molecule has 2 aromatic carbocycles. The molecule has 0 atom stereocenters. The summed E-state index contributed by atoms with van der Waals surface area (Å²) >= 11 is 0. The fraction of sp³-hybridized carbons (Fsp3) is 0.222. The fourth-order valence-electron chi connectivity index (χ4n) is 4.53. The molecule has 0 saturated carbocycles. The van der Waals surface area contributed by atoms with Crippen LogP contribution in [0.5, 0.6) is 0 Å². The standard InChI is InChI=1S/C27H24N6O3/c1-2-31-16-21(15-28)26(35)32(27(31)36)17-25(34)29-24-14-23(30-33(24)22-9-4-3-5-10-22)20-12-11-18-7-6-8-19(18)13-20/h3-5,9-14,16H,2,6-8,17H2,1H3,(H,29,34). The minimum absolute atomic E-state index is 0.197. The summed E-state index contributed by atoms with van der Waals surface area (Å²) in [6.45, 7) is 1.46. The molecular formula is C27H24N6O3. The van der Waals surface area contributed by atoms with Crippen molar-refractivity contribution in [2.45, 2.75) is 39.3 Å². The van der Waals surface area contributed by atoms with Crippen LogP contribution in [-0.4, -0.2) is 24.8 Å². The highest BCUT2D eigenvalue weighted by Gasteiger charge is 2.18. The van der Waals surface area contributed by atoms with Gasteiger partial charge >= 0.3 is 5.69 Å². The van der Waals surface area contributed by atoms with Crippen molar-refractivity contribution < 1.29 is 4.79 Å². The molecular weight excluding hydrogens is 456 g/mol. The second kappa shape index (κ2) is 9.50. The van der Waals surface area contributed by atoms with E-state index in [1.165, 1.54) is 21.9 Å². The molecule has 0 spiro atoms. The summed E-state index contributed by atoms with van der Waals surface area (Å²) in [6, 6.07) is 19.3. The number of carbonyl (C=O) groups excluding carboxylic acids is 1. The zero-order valence-corrected chi connectivity index (χ0v) is 19.8. The molecule has 1 aliphatic carbocycles. The molecule has 4 aromatic rings. The van der Waals surface area contributed by atoms with E-state index in [0.29, 0.717) is 11.5 Å². The first kappa shape index (κ1) is 23.1. The van der Waals surface area contributed by atoms with E-state index < -0.39 is 23.7 Å². The number of hydrogen-bond donors (Lipinski definition) is 1. The lowest BCUT2D eigenvalue weighted by atomic mass is 10.0. The molecule has 1 N–H and O–H groups in total. The monoisotopic (exact) mass is 480 g/mol. The van der Waals surface area contributed by atoms with Crippen LogP contribution in [0.1, 0.15) is 30.0 Å². The zero-order chi connectivity index (χ0) is 25.2. The van der Waals surface area contributed by atoms with E-state index in [1.54, 1.807) is 23.7 Å². The number of amides is 1. The fourth-order valence-corrected chi connectivity index (χ4v) is 4.53. The van der Waals surface area contributed by atoms with E-state index >= 15 is 0 Å². The largest absolute Gasteiger partial charge is 0.331 e. The van der Waals surface area contributed by atoms with Gasteiger partial charge in [-0.25, -0.2) is 14.0 Å². The molecule has 2 heterocycles. The summed E-state index contributed by atoms with van der Waals surface area (Å²) in [4.78, 5) is 38.3. The number of para-hydroxylation sites is 1. The minimum Gasteiger partial charge on any atom is -0.309 e. The average Bonchev–Trinajstić information content (AvgIpc) is 3.54. The predicted molar refractivity (Wildman–Crippen MR) is 135 cm³/mol. The lowest BCUT2D eigenvalue weighted by molar-refractivity contribution is -0.116. The quantitative estimate of drug-likeness (QED) is 0.456. The van der Waals surface area contributed by atoms with Gasteiger partial charge in [0.1, 0.15) is 24.0 Å². The van der Waals surface area contributed by atoms with Crippen LogP contribution >= 0.6 is 0 Å². The van der Waals surface area contributed by atoms with Crippen LogP contribution in [-0.2, 0) is 30.7 Å². The van der Waals surface area contributed by atoms with E-state index in [9.17, 15) is 19.6 Å². The molecule has 0 aliphatic heterocycles. The molecule has 9 heteroatoms. The second-order valence-corrected chi connectivity index (χ2v) is 8.66. The normalized spacial score (nSPS) is 12.2. The Labute approximate surface area is 206 Å². The van der Waals surface area contributed by atoms with Gasteiger partial charge in [0.15, 0.2) is 0 Å². The Hall–Kier alpha value is -4.71. The number of hydrogen-bond acceptors (Lipinski definition) is 5. The maximum atomic E-state index is 13.0. The lowest BCUT2D eigenvalue weighted by Gasteiger charge is -2.11. The summed E-state index contributed by atoms with van der Waals surface area (Å²) < 4.78 is 3.63. The van der Waals surface area contributed by atoms with Crippen LogP contribution in [0.25, 0.3) is 16.9 Å². The molecule has 180 valence electrons. The first-order valence-corrected chi connectivity index (χ1v) is 11.8. The Balaban J connectivity index is 1.50. The number of nitrogens with one attached hydrogen (secondary N) is 1. The summed E-state index contributed by atoms with van der Waals surface area (Å²) in [5, 5.41) is 16.8. The van der Waals surface area contributed by atoms with Gasteiger partial charge in [0, 0.05) is 24.4 Å². The van der Waals surface area contributed by atoms with E-state index in [4.69, 9.17) is 5.10 Å². The molecule has 36 heavy (non-hydrogen) atoms. The van der Waals surface area contributed by atoms with Crippen molar-refractivity contribution in [2.24, 2.45) is 0 Å². The highest BCUT2D eigenvalue weighted by molar-refractivity contribution is 5.90. The number of nitriles is 1. The second-order valence-electron chi connectivity index (χ2n) is 8.66. The lowest BCUT2D eigenvalue weighted by Crippen LogP contribution is -2.43. The molecule has 1 aliphatic rings. The van der Waals surface area contributed by atoms with Crippen LogP contribution in [0.4, 0.5) is 5.82 Å². The van der Waals surface area contributed by atoms with Crippen molar-refractivity contribution in [2.75, 3.05) is 5.32 Å². The van der Waals surface area contributed by atoms with Gasteiger partial charge in [0.2, 0.25) is 5.91 Å². The minimum atomic E-state index is -0.794. The van der Waals surface area contributed by atoms with Crippen molar-refractivity contribution in [1.82, 2.24) is 18.9 Å². The highest BCUT2D eigenvalue weighted by atomic mass is 16.2. The number of aromatic nitrogens is 4. The van der Waals surface area contributed by atoms with Crippen molar-refractivity contribution >= 4 is 11.7 Å². The van der Waals surface area contributed by atoms with Gasteiger partial charge in [-0.15, -0.1) is 0 Å². The first-order valence-electron chi connectivity index (χ1n) is 11.8. The Bertz CT molecular complexity index is 1620. The first-order chi connectivity index (χ1) is 17.5. The molecule has 0 saturated heterocycles. The topological polar surface area (TPSA) is 115 Å². The number of fused-ring (bicyclic) bond motifs is 1. The summed E-state index contributed by atoms with van der Waals surface area (Å²) in [6.07, 6.45) is 4.48. The van der Waals surface area contributed by atoms with Gasteiger partial charge in [0.25, 0.3) is 5.56 Å². The van der Waals surface area contributed by atoms with Crippen molar-refractivity contribution in [3.63, 3.8) is 0 Å². The van der Waals surface area contributed by atoms with Gasteiger partial charge in [-0.1, -0.05) is 30.3 Å². The summed E-state index contributed by atoms with van der Waals surface area (Å²) in [5.74, 6) is -0.175. The molecule has 2 aromatic heterocycles. The number of nitrogens with zero attached hydrogens (tertiary/aromatic N) is 5. The number of benzene rings is 2. The summed E-state index contributed by atoms with van der Waals surface area (Å²) in [7, 11) is 0. The molecule has 0 unspecified atom stereocenters. The smallest absolute Gasteiger partial charge is 0.309 e. The molecule has 5 rings (SSSR count). The van der Waals surface area contributed by atoms with Crippen LogP contribution in [0, 0.1) is 11.3 Å². The number of carbonyl (C=O) groups is 1. The Morgan fingerprint density at radius 3 is 2.61 bits per heavy atom. The van der Waals surface area contributed by atoms with Crippen LogP contribution in [0.15, 0.2) is 70.4 Å². The van der Waals surface area contributed by atoms with Crippen molar-refractivity contribution in [3.8, 4) is 23.0 Å². The molecule has 0 fully saturated rings. The van der Waals surface area contributed by atoms with Crippen molar-refractivity contribution in [3.05, 3.63) is 98.3 Å². The van der Waals surface area contributed by atoms with Gasteiger partial charge in [-0.3, -0.25) is 14.2 Å². The van der Waals surface area contributed by atoms with Gasteiger partial charge in [-0.2, -0.15) is 10.4 Å². The van der Waals surface area contributed by atoms with Gasteiger partial charge in [-0.05, 0) is 55.5 Å². The van der Waals surface area contributed by atoms with Crippen LogP contribution in [0.3, 0.4) is 0 Å². The maximum absolute atomic E-state index is 13.0. The maximum Gasteiger partial charge on any atom is 0.331 e. The van der Waals surface area contributed by atoms with E-state index in [1.807, 2.05) is 36.4 Å². The molecule has 0 bridgehead atoms. The predicted octanol–water partition coefficient (Wildman–Crippen LogP) is 2.88. The van der Waals surface area contributed by atoms with Gasteiger partial charge in [0.05, 0.1) is 11.4 Å². The Morgan fingerprint density at radius 2 is 1.86 bits per heavy atom. The molecule has 0 radical (unpaired) electrons. The van der Waals surface area contributed by atoms with Crippen molar-refractivity contribution in [1.29, 1.82) is 5.26 Å². The highest BCUT2D eigenvalue weighted by Crippen LogP contribution is 2.30. The Morgan fingerprint density at radius 1 is 1.08 bits per heavy atom. The zero-order valence-electron chi connectivity index (χ0n) is 19.8. The number of anilines is 1. The molecule has 1 amide bonds. The average molecular weight is 481 g/mol. The van der Waals surface area contributed by atoms with E-state index in [2.05, 4.69) is 17.4 Å². The van der Waals surface area contributed by atoms with E-state index in [-0.39, 0.29) is 12.1 Å². The van der Waals surface area contributed by atoms with Gasteiger partial charge < -0.3 is 5.32 Å². The Kier molecular flexibility index (Phi) is 6.09. The third kappa shape index (κ3) is 4.25. The van der Waals surface area contributed by atoms with Crippen LogP contribution < -0.4 is 16.6 Å². The third-order valence-corrected chi connectivity index (χ3v) is 6.37. The number of rotatable bonds is 6.